The van der Waals surface area contributed by atoms with E-state index in [2.05, 4.69) is 5.10 Å². The lowest BCUT2D eigenvalue weighted by Gasteiger charge is -2.31. The summed E-state index contributed by atoms with van der Waals surface area (Å²) in [6, 6.07) is 0.357. The Balaban J connectivity index is 2.11. The second kappa shape index (κ2) is 4.77. The zero-order valence-electron chi connectivity index (χ0n) is 10.5. The smallest absolute Gasteiger partial charge is 0.259 e. The molecule has 1 fully saturated rings. The molecule has 5 heteroatoms. The van der Waals surface area contributed by atoms with E-state index >= 15 is 0 Å². The number of rotatable bonds is 2. The fourth-order valence-electron chi connectivity index (χ4n) is 2.44. The fourth-order valence-corrected chi connectivity index (χ4v) is 2.44. The zero-order chi connectivity index (χ0) is 12.4. The summed E-state index contributed by atoms with van der Waals surface area (Å²) >= 11 is 0. The van der Waals surface area contributed by atoms with Crippen LogP contribution in [-0.2, 0) is 7.05 Å². The molecular weight excluding hydrogens is 216 g/mol. The molecule has 1 aromatic heterocycles. The molecular formula is C12H20N4O. The van der Waals surface area contributed by atoms with Crippen molar-refractivity contribution in [3.8, 4) is 0 Å². The van der Waals surface area contributed by atoms with Crippen LogP contribution in [0.5, 0.6) is 0 Å². The van der Waals surface area contributed by atoms with Gasteiger partial charge in [-0.15, -0.1) is 0 Å². The van der Waals surface area contributed by atoms with Crippen LogP contribution in [0.1, 0.15) is 42.5 Å². The van der Waals surface area contributed by atoms with Crippen LogP contribution in [0, 0.1) is 0 Å². The third kappa shape index (κ3) is 2.28. The van der Waals surface area contributed by atoms with Gasteiger partial charge in [-0.05, 0) is 12.8 Å². The van der Waals surface area contributed by atoms with E-state index in [4.69, 9.17) is 5.73 Å². The summed E-state index contributed by atoms with van der Waals surface area (Å²) < 4.78 is 1.53. The van der Waals surface area contributed by atoms with Crippen molar-refractivity contribution in [2.75, 3.05) is 12.8 Å². The third-order valence-corrected chi connectivity index (χ3v) is 3.66. The lowest BCUT2D eigenvalue weighted by Crippen LogP contribution is -2.38. The molecule has 1 amide bonds. The average Bonchev–Trinajstić information content (AvgIpc) is 2.69. The molecule has 0 spiro atoms. The van der Waals surface area contributed by atoms with Gasteiger partial charge in [-0.2, -0.15) is 5.10 Å². The Labute approximate surface area is 102 Å². The predicted octanol–water partition coefficient (Wildman–Crippen LogP) is 1.41. The van der Waals surface area contributed by atoms with Gasteiger partial charge in [0.2, 0.25) is 0 Å². The van der Waals surface area contributed by atoms with Gasteiger partial charge in [0.15, 0.2) is 0 Å². The topological polar surface area (TPSA) is 64.2 Å². The molecule has 2 rings (SSSR count). The van der Waals surface area contributed by atoms with E-state index in [1.165, 1.54) is 23.9 Å². The molecule has 1 saturated carbocycles. The molecule has 0 bridgehead atoms. The van der Waals surface area contributed by atoms with Crippen LogP contribution < -0.4 is 5.73 Å². The molecule has 1 aliphatic rings. The van der Waals surface area contributed by atoms with Crippen molar-refractivity contribution in [2.24, 2.45) is 7.05 Å². The van der Waals surface area contributed by atoms with Gasteiger partial charge < -0.3 is 10.6 Å². The molecule has 0 aliphatic heterocycles. The minimum absolute atomic E-state index is 0.0116. The molecule has 2 N–H and O–H groups in total. The van der Waals surface area contributed by atoms with Crippen LogP contribution in [0.15, 0.2) is 6.20 Å². The summed E-state index contributed by atoms with van der Waals surface area (Å²) in [4.78, 5) is 14.1. The molecule has 0 unspecified atom stereocenters. The zero-order valence-corrected chi connectivity index (χ0v) is 10.5. The van der Waals surface area contributed by atoms with Crippen molar-refractivity contribution in [3.05, 3.63) is 11.8 Å². The molecule has 0 atom stereocenters. The highest BCUT2D eigenvalue weighted by molar-refractivity contribution is 5.98. The number of carbonyl (C=O) groups excluding carboxylic acids is 1. The first kappa shape index (κ1) is 12.0. The summed E-state index contributed by atoms with van der Waals surface area (Å²) in [5.74, 6) is 0.431. The normalized spacial score (nSPS) is 17.1. The molecule has 0 aromatic carbocycles. The van der Waals surface area contributed by atoms with Gasteiger partial charge in [-0.25, -0.2) is 0 Å². The van der Waals surface area contributed by atoms with E-state index < -0.39 is 0 Å². The van der Waals surface area contributed by atoms with Crippen LogP contribution in [0.3, 0.4) is 0 Å². The van der Waals surface area contributed by atoms with Crippen LogP contribution in [0.2, 0.25) is 0 Å². The first-order valence-electron chi connectivity index (χ1n) is 6.16. The van der Waals surface area contributed by atoms with Gasteiger partial charge >= 0.3 is 0 Å². The quantitative estimate of drug-likeness (QED) is 0.844. The number of amides is 1. The largest absolute Gasteiger partial charge is 0.383 e. The maximum Gasteiger partial charge on any atom is 0.259 e. The van der Waals surface area contributed by atoms with Crippen molar-refractivity contribution < 1.29 is 4.79 Å². The van der Waals surface area contributed by atoms with Gasteiger partial charge in [0.05, 0.1) is 6.20 Å². The number of carbonyl (C=O) groups is 1. The molecule has 17 heavy (non-hydrogen) atoms. The molecule has 1 aliphatic carbocycles. The highest BCUT2D eigenvalue weighted by Crippen LogP contribution is 2.23. The van der Waals surface area contributed by atoms with Crippen LogP contribution in [0.4, 0.5) is 5.82 Å². The average molecular weight is 236 g/mol. The third-order valence-electron chi connectivity index (χ3n) is 3.66. The summed E-state index contributed by atoms with van der Waals surface area (Å²) in [5, 5.41) is 4.01. The van der Waals surface area contributed by atoms with Crippen LogP contribution in [-0.4, -0.2) is 33.7 Å². The maximum atomic E-state index is 12.3. The molecule has 1 heterocycles. The van der Waals surface area contributed by atoms with E-state index in [0.717, 1.165) is 12.8 Å². The van der Waals surface area contributed by atoms with Gasteiger partial charge in [0.1, 0.15) is 11.4 Å². The SMILES string of the molecule is CN(C(=O)c1cnn(C)c1N)C1CCCCC1. The monoisotopic (exact) mass is 236 g/mol. The predicted molar refractivity (Wildman–Crippen MR) is 66.6 cm³/mol. The van der Waals surface area contributed by atoms with E-state index in [-0.39, 0.29) is 5.91 Å². The van der Waals surface area contributed by atoms with Crippen LogP contribution >= 0.6 is 0 Å². The first-order chi connectivity index (χ1) is 8.11. The Morgan fingerprint density at radius 2 is 2.12 bits per heavy atom. The Hall–Kier alpha value is -1.52. The first-order valence-corrected chi connectivity index (χ1v) is 6.16. The van der Waals surface area contributed by atoms with Crippen molar-refractivity contribution >= 4 is 11.7 Å². The minimum atomic E-state index is -0.0116. The van der Waals surface area contributed by atoms with Gasteiger partial charge in [-0.3, -0.25) is 9.48 Å². The number of anilines is 1. The van der Waals surface area contributed by atoms with E-state index in [9.17, 15) is 4.79 Å². The number of hydrogen-bond acceptors (Lipinski definition) is 3. The number of nitrogen functional groups attached to an aromatic ring is 1. The highest BCUT2D eigenvalue weighted by Gasteiger charge is 2.25. The minimum Gasteiger partial charge on any atom is -0.383 e. The van der Waals surface area contributed by atoms with Gasteiger partial charge in [0, 0.05) is 20.1 Å². The fraction of sp³-hybridized carbons (Fsp3) is 0.667. The molecule has 1 aromatic rings. The van der Waals surface area contributed by atoms with Crippen molar-refractivity contribution in [3.63, 3.8) is 0 Å². The summed E-state index contributed by atoms with van der Waals surface area (Å²) in [7, 11) is 3.61. The summed E-state index contributed by atoms with van der Waals surface area (Å²) in [5.41, 5.74) is 6.34. The number of aryl methyl sites for hydroxylation is 1. The van der Waals surface area contributed by atoms with E-state index in [0.29, 0.717) is 17.4 Å². The second-order valence-corrected chi connectivity index (χ2v) is 4.77. The van der Waals surface area contributed by atoms with E-state index in [1.807, 2.05) is 11.9 Å². The standard InChI is InChI=1S/C12H20N4O/c1-15(9-6-4-3-5-7-9)12(17)10-8-14-16(2)11(10)13/h8-9H,3-7,13H2,1-2H3. The molecule has 0 radical (unpaired) electrons. The molecule has 94 valence electrons. The Kier molecular flexibility index (Phi) is 3.36. The van der Waals surface area contributed by atoms with E-state index in [1.54, 1.807) is 13.2 Å². The molecule has 0 saturated heterocycles. The van der Waals surface area contributed by atoms with Crippen molar-refractivity contribution in [1.29, 1.82) is 0 Å². The Morgan fingerprint density at radius 3 is 2.65 bits per heavy atom. The second-order valence-electron chi connectivity index (χ2n) is 4.77. The van der Waals surface area contributed by atoms with Gasteiger partial charge in [0.25, 0.3) is 5.91 Å². The summed E-state index contributed by atoms with van der Waals surface area (Å²) in [6.45, 7) is 0. The van der Waals surface area contributed by atoms with Gasteiger partial charge in [-0.1, -0.05) is 19.3 Å². The number of aromatic nitrogens is 2. The lowest BCUT2D eigenvalue weighted by atomic mass is 9.94. The van der Waals surface area contributed by atoms with Crippen molar-refractivity contribution in [1.82, 2.24) is 14.7 Å². The number of nitrogens with two attached hydrogens (primary N) is 1. The highest BCUT2D eigenvalue weighted by atomic mass is 16.2. The van der Waals surface area contributed by atoms with Crippen molar-refractivity contribution in [2.45, 2.75) is 38.1 Å². The maximum absolute atomic E-state index is 12.3. The summed E-state index contributed by atoms with van der Waals surface area (Å²) in [6.07, 6.45) is 7.46. The van der Waals surface area contributed by atoms with Crippen LogP contribution in [0.25, 0.3) is 0 Å². The number of hydrogen-bond donors (Lipinski definition) is 1. The Bertz CT molecular complexity index is 407. The molecule has 5 nitrogen and oxygen atoms in total. The number of nitrogens with zero attached hydrogens (tertiary/aromatic N) is 3. The Morgan fingerprint density at radius 1 is 1.47 bits per heavy atom. The lowest BCUT2D eigenvalue weighted by molar-refractivity contribution is 0.0697.